The van der Waals surface area contributed by atoms with Gasteiger partial charge >= 0.3 is 0 Å². The Morgan fingerprint density at radius 3 is 2.68 bits per heavy atom. The van der Waals surface area contributed by atoms with Crippen molar-refractivity contribution in [3.8, 4) is 17.1 Å². The van der Waals surface area contributed by atoms with Gasteiger partial charge in [0.1, 0.15) is 11.6 Å². The molecule has 0 spiro atoms. The molecule has 2 aromatic carbocycles. The lowest BCUT2D eigenvalue weighted by Gasteiger charge is -2.08. The van der Waals surface area contributed by atoms with Gasteiger partial charge in [-0.25, -0.2) is 9.97 Å². The highest BCUT2D eigenvalue weighted by atomic mass is 16.3. The number of rotatable bonds is 6. The van der Waals surface area contributed by atoms with E-state index in [-0.39, 0.29) is 11.5 Å². The van der Waals surface area contributed by atoms with E-state index in [0.717, 1.165) is 23.4 Å². The van der Waals surface area contributed by atoms with E-state index in [2.05, 4.69) is 15.3 Å². The van der Waals surface area contributed by atoms with Crippen LogP contribution in [0.5, 0.6) is 5.75 Å². The molecule has 2 N–H and O–H groups in total. The Kier molecular flexibility index (Phi) is 5.04. The molecular weight excluding hydrogens is 314 g/mol. The number of hydrogen-bond donors (Lipinski definition) is 2. The van der Waals surface area contributed by atoms with Crippen molar-refractivity contribution in [2.75, 3.05) is 11.9 Å². The van der Waals surface area contributed by atoms with Crippen molar-refractivity contribution in [3.63, 3.8) is 0 Å². The molecule has 126 valence electrons. The Balaban J connectivity index is 1.68. The fourth-order valence-corrected chi connectivity index (χ4v) is 2.47. The lowest BCUT2D eigenvalue weighted by molar-refractivity contribution is 0.101. The maximum Gasteiger partial charge on any atom is 0.161 e. The number of phenolic OH excluding ortho intramolecular Hbond substituents is 1. The summed E-state index contributed by atoms with van der Waals surface area (Å²) in [5, 5.41) is 12.6. The SMILES string of the molecule is CC(=O)c1cccc(-c2nccc(NCCc3ccc(O)cc3)n2)c1. The summed E-state index contributed by atoms with van der Waals surface area (Å²) in [4.78, 5) is 20.3. The molecule has 0 aliphatic carbocycles. The Bertz CT molecular complexity index is 876. The zero-order chi connectivity index (χ0) is 17.6. The number of nitrogens with one attached hydrogen (secondary N) is 1. The number of hydrogen-bond acceptors (Lipinski definition) is 5. The van der Waals surface area contributed by atoms with E-state index < -0.39 is 0 Å². The molecule has 0 fully saturated rings. The first-order valence-corrected chi connectivity index (χ1v) is 8.08. The van der Waals surface area contributed by atoms with Gasteiger partial charge in [-0.05, 0) is 43.2 Å². The summed E-state index contributed by atoms with van der Waals surface area (Å²) in [6, 6.07) is 16.3. The van der Waals surface area contributed by atoms with Crippen LogP contribution < -0.4 is 5.32 Å². The third kappa shape index (κ3) is 4.41. The van der Waals surface area contributed by atoms with E-state index in [1.807, 2.05) is 30.3 Å². The van der Waals surface area contributed by atoms with Gasteiger partial charge in [-0.15, -0.1) is 0 Å². The van der Waals surface area contributed by atoms with E-state index in [0.29, 0.717) is 17.9 Å². The molecule has 0 saturated carbocycles. The molecule has 0 aliphatic heterocycles. The first kappa shape index (κ1) is 16.6. The number of anilines is 1. The average molecular weight is 333 g/mol. The summed E-state index contributed by atoms with van der Waals surface area (Å²) in [6.45, 7) is 2.26. The van der Waals surface area contributed by atoms with Crippen molar-refractivity contribution in [1.82, 2.24) is 9.97 Å². The quantitative estimate of drug-likeness (QED) is 0.673. The van der Waals surface area contributed by atoms with E-state index in [1.54, 1.807) is 37.4 Å². The van der Waals surface area contributed by atoms with E-state index >= 15 is 0 Å². The summed E-state index contributed by atoms with van der Waals surface area (Å²) < 4.78 is 0. The van der Waals surface area contributed by atoms with Crippen LogP contribution in [-0.2, 0) is 6.42 Å². The van der Waals surface area contributed by atoms with Gasteiger partial charge < -0.3 is 10.4 Å². The normalized spacial score (nSPS) is 10.4. The Labute approximate surface area is 146 Å². The van der Waals surface area contributed by atoms with Gasteiger partial charge in [0, 0.05) is 23.9 Å². The second-order valence-corrected chi connectivity index (χ2v) is 5.75. The molecule has 0 saturated heterocycles. The molecule has 25 heavy (non-hydrogen) atoms. The number of nitrogens with zero attached hydrogens (tertiary/aromatic N) is 2. The summed E-state index contributed by atoms with van der Waals surface area (Å²) >= 11 is 0. The summed E-state index contributed by atoms with van der Waals surface area (Å²) in [5.74, 6) is 1.60. The second-order valence-electron chi connectivity index (χ2n) is 5.75. The van der Waals surface area contributed by atoms with Crippen molar-refractivity contribution in [2.24, 2.45) is 0 Å². The monoisotopic (exact) mass is 333 g/mol. The summed E-state index contributed by atoms with van der Waals surface area (Å²) in [5.41, 5.74) is 2.59. The zero-order valence-electron chi connectivity index (χ0n) is 13.9. The molecule has 1 heterocycles. The highest BCUT2D eigenvalue weighted by Crippen LogP contribution is 2.18. The predicted octanol–water partition coefficient (Wildman–Crippen LogP) is 3.71. The van der Waals surface area contributed by atoms with Crippen LogP contribution in [0.1, 0.15) is 22.8 Å². The number of benzene rings is 2. The molecule has 0 radical (unpaired) electrons. The van der Waals surface area contributed by atoms with Gasteiger partial charge in [-0.1, -0.05) is 30.3 Å². The topological polar surface area (TPSA) is 75.1 Å². The molecule has 3 aromatic rings. The second kappa shape index (κ2) is 7.57. The van der Waals surface area contributed by atoms with Crippen molar-refractivity contribution in [1.29, 1.82) is 0 Å². The van der Waals surface area contributed by atoms with E-state index in [1.165, 1.54) is 0 Å². The highest BCUT2D eigenvalue weighted by molar-refractivity contribution is 5.95. The maximum absolute atomic E-state index is 11.5. The first-order chi connectivity index (χ1) is 12.1. The van der Waals surface area contributed by atoms with Gasteiger partial charge in [-0.2, -0.15) is 0 Å². The molecular formula is C20H19N3O2. The molecule has 0 amide bonds. The molecule has 5 heteroatoms. The minimum atomic E-state index is 0.0185. The van der Waals surface area contributed by atoms with E-state index in [4.69, 9.17) is 0 Å². The van der Waals surface area contributed by atoms with Gasteiger partial charge in [0.2, 0.25) is 0 Å². The molecule has 5 nitrogen and oxygen atoms in total. The number of ketones is 1. The van der Waals surface area contributed by atoms with Crippen LogP contribution in [0.15, 0.2) is 60.8 Å². The maximum atomic E-state index is 11.5. The molecule has 0 atom stereocenters. The molecule has 0 bridgehead atoms. The summed E-state index contributed by atoms with van der Waals surface area (Å²) in [7, 11) is 0. The molecule has 0 aliphatic rings. The fraction of sp³-hybridized carbons (Fsp3) is 0.150. The number of carbonyl (C=O) groups is 1. The van der Waals surface area contributed by atoms with Crippen LogP contribution in [0.3, 0.4) is 0 Å². The van der Waals surface area contributed by atoms with Crippen LogP contribution in [0.4, 0.5) is 5.82 Å². The lowest BCUT2D eigenvalue weighted by Crippen LogP contribution is -2.07. The first-order valence-electron chi connectivity index (χ1n) is 8.08. The third-order valence-corrected chi connectivity index (χ3v) is 3.84. The minimum Gasteiger partial charge on any atom is -0.508 e. The predicted molar refractivity (Wildman–Crippen MR) is 97.8 cm³/mol. The number of phenols is 1. The number of carbonyl (C=O) groups excluding carboxylic acids is 1. The van der Waals surface area contributed by atoms with Crippen LogP contribution in [-0.4, -0.2) is 27.4 Å². The standard InChI is InChI=1S/C20H19N3O2/c1-14(24)16-3-2-4-17(13-16)20-22-12-10-19(23-20)21-11-9-15-5-7-18(25)8-6-15/h2-8,10,12-13,25H,9,11H2,1H3,(H,21,22,23). The number of aromatic hydroxyl groups is 1. The van der Waals surface area contributed by atoms with Gasteiger partial charge in [0.25, 0.3) is 0 Å². The number of aromatic nitrogens is 2. The Morgan fingerprint density at radius 2 is 1.92 bits per heavy atom. The van der Waals surface area contributed by atoms with Gasteiger partial charge in [-0.3, -0.25) is 4.79 Å². The molecule has 0 unspecified atom stereocenters. The Hall–Kier alpha value is -3.21. The van der Waals surface area contributed by atoms with Gasteiger partial charge in [0.05, 0.1) is 0 Å². The molecule has 3 rings (SSSR count). The van der Waals surface area contributed by atoms with Crippen LogP contribution in [0, 0.1) is 0 Å². The smallest absolute Gasteiger partial charge is 0.161 e. The Morgan fingerprint density at radius 1 is 1.12 bits per heavy atom. The minimum absolute atomic E-state index is 0.0185. The van der Waals surface area contributed by atoms with Gasteiger partial charge in [0.15, 0.2) is 11.6 Å². The van der Waals surface area contributed by atoms with Crippen LogP contribution in [0.2, 0.25) is 0 Å². The number of Topliss-reactive ketones (excluding diaryl/α,β-unsaturated/α-hetero) is 1. The van der Waals surface area contributed by atoms with Crippen LogP contribution in [0.25, 0.3) is 11.4 Å². The van der Waals surface area contributed by atoms with Crippen molar-refractivity contribution < 1.29 is 9.90 Å². The largest absolute Gasteiger partial charge is 0.508 e. The zero-order valence-corrected chi connectivity index (χ0v) is 13.9. The third-order valence-electron chi connectivity index (χ3n) is 3.84. The highest BCUT2D eigenvalue weighted by Gasteiger charge is 2.06. The lowest BCUT2D eigenvalue weighted by atomic mass is 10.1. The van der Waals surface area contributed by atoms with E-state index in [9.17, 15) is 9.90 Å². The van der Waals surface area contributed by atoms with Crippen molar-refractivity contribution in [3.05, 3.63) is 71.9 Å². The average Bonchev–Trinajstić information content (AvgIpc) is 2.64. The van der Waals surface area contributed by atoms with Crippen LogP contribution >= 0.6 is 0 Å². The van der Waals surface area contributed by atoms with Crippen molar-refractivity contribution >= 4 is 11.6 Å². The van der Waals surface area contributed by atoms with Crippen molar-refractivity contribution in [2.45, 2.75) is 13.3 Å². The fourth-order valence-electron chi connectivity index (χ4n) is 2.47. The molecule has 1 aromatic heterocycles. The summed E-state index contributed by atoms with van der Waals surface area (Å²) in [6.07, 6.45) is 2.52.